The number of aliphatic carboxylic acids is 2. The fraction of sp³-hybridized carbons (Fsp3) is 0.733. The SMILES string of the molecule is C[C@]12CCC3c4ccc(OC5O[C@H](C(=O)O)[C@@H](O)[C@H](O)[C@H]5O)cc4CCC3C1CC[C@@H]2O[C@@H]1O[C@H](C(=O)O)[C@@H](O)[C@H](O)[C@H]1O. The van der Waals surface area contributed by atoms with Gasteiger partial charge in [-0.05, 0) is 85.0 Å². The molecule has 0 radical (unpaired) electrons. The van der Waals surface area contributed by atoms with Gasteiger partial charge >= 0.3 is 11.9 Å². The van der Waals surface area contributed by atoms with Crippen LogP contribution in [0.5, 0.6) is 5.75 Å². The van der Waals surface area contributed by atoms with E-state index in [1.54, 1.807) is 6.07 Å². The summed E-state index contributed by atoms with van der Waals surface area (Å²) in [6.45, 7) is 2.15. The van der Waals surface area contributed by atoms with Gasteiger partial charge in [0.2, 0.25) is 6.29 Å². The molecule has 4 unspecified atom stereocenters. The molecule has 44 heavy (non-hydrogen) atoms. The van der Waals surface area contributed by atoms with E-state index in [0.29, 0.717) is 18.1 Å². The van der Waals surface area contributed by atoms with Crippen LogP contribution in [0.15, 0.2) is 18.2 Å². The van der Waals surface area contributed by atoms with Gasteiger partial charge in [-0.2, -0.15) is 0 Å². The second-order valence-corrected chi connectivity index (χ2v) is 13.1. The first-order valence-corrected chi connectivity index (χ1v) is 15.1. The van der Waals surface area contributed by atoms with Gasteiger partial charge in [0.15, 0.2) is 18.5 Å². The smallest absolute Gasteiger partial charge is 0.335 e. The summed E-state index contributed by atoms with van der Waals surface area (Å²) in [7, 11) is 0. The zero-order valence-electron chi connectivity index (χ0n) is 24.1. The van der Waals surface area contributed by atoms with Crippen molar-refractivity contribution < 1.29 is 69.4 Å². The molecule has 244 valence electrons. The second-order valence-electron chi connectivity index (χ2n) is 13.1. The third kappa shape index (κ3) is 5.19. The largest absolute Gasteiger partial charge is 0.479 e. The van der Waals surface area contributed by atoms with Crippen molar-refractivity contribution in [3.63, 3.8) is 0 Å². The van der Waals surface area contributed by atoms with Crippen LogP contribution in [0.1, 0.15) is 56.1 Å². The average Bonchev–Trinajstić information content (AvgIpc) is 3.32. The molecule has 14 heteroatoms. The van der Waals surface area contributed by atoms with Crippen molar-refractivity contribution in [2.75, 3.05) is 0 Å². The maximum Gasteiger partial charge on any atom is 0.335 e. The van der Waals surface area contributed by atoms with Crippen LogP contribution >= 0.6 is 0 Å². The Hall–Kier alpha value is -2.40. The number of benzene rings is 1. The summed E-state index contributed by atoms with van der Waals surface area (Å²) in [6, 6.07) is 5.52. The number of hydrogen-bond acceptors (Lipinski definition) is 12. The molecular formula is C30H40O14. The molecule has 15 atom stereocenters. The highest BCUT2D eigenvalue weighted by atomic mass is 16.7. The highest BCUT2D eigenvalue weighted by Crippen LogP contribution is 2.62. The standard InChI is InChI=1S/C30H40O14/c1-30-9-8-14-13-5-3-12(41-28-22(35)18(31)20(33)24(43-28)26(37)38)10-11(13)2-4-15(14)16(30)6-7-17(30)42-29-23(36)19(32)21(34)25(44-29)27(39)40/h3,5,10,14-25,28-29,31-36H,2,4,6-9H2,1H3,(H,37,38)(H,39,40)/t14?,15?,16?,17-,18-,19-,20-,21-,22+,23+,24-,25-,28?,29+,30-/m0/s1. The maximum atomic E-state index is 11.5. The Balaban J connectivity index is 1.14. The summed E-state index contributed by atoms with van der Waals surface area (Å²) in [5.41, 5.74) is 1.96. The van der Waals surface area contributed by atoms with Crippen LogP contribution in [0, 0.1) is 17.3 Å². The number of rotatable bonds is 6. The van der Waals surface area contributed by atoms with Crippen molar-refractivity contribution in [1.29, 1.82) is 0 Å². The topological polar surface area (TPSA) is 233 Å². The van der Waals surface area contributed by atoms with E-state index in [4.69, 9.17) is 18.9 Å². The average molecular weight is 625 g/mol. The Morgan fingerprint density at radius 3 is 2.05 bits per heavy atom. The molecular weight excluding hydrogens is 584 g/mol. The second kappa shape index (κ2) is 11.8. The van der Waals surface area contributed by atoms with Crippen molar-refractivity contribution in [2.24, 2.45) is 17.3 Å². The van der Waals surface area contributed by atoms with Crippen molar-refractivity contribution in [3.8, 4) is 5.75 Å². The number of aliphatic hydroxyl groups excluding tert-OH is 6. The number of ether oxygens (including phenoxy) is 4. The predicted molar refractivity (Wildman–Crippen MR) is 145 cm³/mol. The molecule has 14 nitrogen and oxygen atoms in total. The lowest BCUT2D eigenvalue weighted by atomic mass is 9.55. The van der Waals surface area contributed by atoms with Gasteiger partial charge in [0.05, 0.1) is 6.10 Å². The molecule has 5 aliphatic rings. The minimum absolute atomic E-state index is 0.263. The molecule has 0 bridgehead atoms. The highest BCUT2D eigenvalue weighted by molar-refractivity contribution is 5.73. The van der Waals surface area contributed by atoms with Crippen LogP contribution in [0.25, 0.3) is 0 Å². The summed E-state index contributed by atoms with van der Waals surface area (Å²) < 4.78 is 22.6. The van der Waals surface area contributed by atoms with Gasteiger partial charge in [0.25, 0.3) is 0 Å². The van der Waals surface area contributed by atoms with Gasteiger partial charge in [-0.25, -0.2) is 9.59 Å². The quantitative estimate of drug-likeness (QED) is 0.192. The van der Waals surface area contributed by atoms with Crippen LogP contribution in [0.3, 0.4) is 0 Å². The number of aliphatic hydroxyl groups is 6. The molecule has 6 rings (SSSR count). The first kappa shape index (κ1) is 31.6. The summed E-state index contributed by atoms with van der Waals surface area (Å²) in [6.07, 6.45) is -12.2. The van der Waals surface area contributed by atoms with Gasteiger partial charge in [-0.15, -0.1) is 0 Å². The molecule has 1 aromatic carbocycles. The van der Waals surface area contributed by atoms with Crippen LogP contribution in [0.2, 0.25) is 0 Å². The zero-order valence-corrected chi connectivity index (χ0v) is 24.1. The van der Waals surface area contributed by atoms with E-state index < -0.39 is 73.4 Å². The number of hydrogen-bond donors (Lipinski definition) is 8. The number of carbonyl (C=O) groups is 2. The molecule has 4 fully saturated rings. The Kier molecular flexibility index (Phi) is 8.43. The third-order valence-corrected chi connectivity index (χ3v) is 10.8. The van der Waals surface area contributed by atoms with Crippen LogP contribution in [-0.4, -0.2) is 120 Å². The molecule has 2 aliphatic heterocycles. The number of carboxylic acids is 2. The highest BCUT2D eigenvalue weighted by Gasteiger charge is 2.57. The minimum Gasteiger partial charge on any atom is -0.479 e. The summed E-state index contributed by atoms with van der Waals surface area (Å²) in [5.74, 6) is -1.71. The Morgan fingerprint density at radius 1 is 0.795 bits per heavy atom. The lowest BCUT2D eigenvalue weighted by Crippen LogP contribution is -2.61. The number of fused-ring (bicyclic) bond motifs is 5. The molecule has 2 saturated carbocycles. The predicted octanol–water partition coefficient (Wildman–Crippen LogP) is -0.909. The minimum atomic E-state index is -1.80. The molecule has 2 saturated heterocycles. The van der Waals surface area contributed by atoms with E-state index in [9.17, 15) is 50.4 Å². The van der Waals surface area contributed by atoms with Crippen molar-refractivity contribution in [1.82, 2.24) is 0 Å². The van der Waals surface area contributed by atoms with Gasteiger partial charge in [0, 0.05) is 0 Å². The monoisotopic (exact) mass is 624 g/mol. The third-order valence-electron chi connectivity index (χ3n) is 10.8. The summed E-state index contributed by atoms with van der Waals surface area (Å²) >= 11 is 0. The van der Waals surface area contributed by atoms with Crippen molar-refractivity contribution in [2.45, 2.75) is 119 Å². The maximum absolute atomic E-state index is 11.5. The molecule has 1 aromatic rings. The first-order chi connectivity index (χ1) is 20.8. The number of carboxylic acid groups (broad SMARTS) is 2. The van der Waals surface area contributed by atoms with Gasteiger partial charge in [0.1, 0.15) is 42.4 Å². The van der Waals surface area contributed by atoms with Gasteiger partial charge in [-0.3, -0.25) is 0 Å². The first-order valence-electron chi connectivity index (χ1n) is 15.1. The Morgan fingerprint density at radius 2 is 1.41 bits per heavy atom. The van der Waals surface area contributed by atoms with Crippen molar-refractivity contribution >= 4 is 11.9 Å². The molecule has 0 amide bonds. The zero-order chi connectivity index (χ0) is 31.7. The lowest BCUT2D eigenvalue weighted by Gasteiger charge is -2.51. The van der Waals surface area contributed by atoms with E-state index in [1.807, 2.05) is 12.1 Å². The summed E-state index contributed by atoms with van der Waals surface area (Å²) in [4.78, 5) is 23.0. The lowest BCUT2D eigenvalue weighted by molar-refractivity contribution is -0.312. The van der Waals surface area contributed by atoms with Gasteiger partial charge in [-0.1, -0.05) is 13.0 Å². The fourth-order valence-electron chi connectivity index (χ4n) is 8.42. The van der Waals surface area contributed by atoms with Gasteiger partial charge < -0.3 is 59.8 Å². The Labute approximate surface area is 252 Å². The fourth-order valence-corrected chi connectivity index (χ4v) is 8.42. The van der Waals surface area contributed by atoms with Crippen LogP contribution in [-0.2, 0) is 30.2 Å². The molecule has 3 aliphatic carbocycles. The summed E-state index contributed by atoms with van der Waals surface area (Å²) in [5, 5.41) is 79.9. The van der Waals surface area contributed by atoms with E-state index in [0.717, 1.165) is 37.7 Å². The molecule has 2 heterocycles. The van der Waals surface area contributed by atoms with E-state index in [-0.39, 0.29) is 23.4 Å². The number of aryl methyl sites for hydroxylation is 1. The Bertz CT molecular complexity index is 1260. The van der Waals surface area contributed by atoms with E-state index in [2.05, 4.69) is 6.92 Å². The van der Waals surface area contributed by atoms with E-state index >= 15 is 0 Å². The van der Waals surface area contributed by atoms with Crippen LogP contribution in [0.4, 0.5) is 0 Å². The molecule has 8 N–H and O–H groups in total. The van der Waals surface area contributed by atoms with Crippen LogP contribution < -0.4 is 4.74 Å². The van der Waals surface area contributed by atoms with E-state index in [1.165, 1.54) is 5.56 Å². The normalized spacial score (nSPS) is 46.8. The molecule has 0 spiro atoms. The molecule has 0 aromatic heterocycles. The van der Waals surface area contributed by atoms with Crippen molar-refractivity contribution in [3.05, 3.63) is 29.3 Å².